The van der Waals surface area contributed by atoms with Crippen molar-refractivity contribution in [3.8, 4) is 0 Å². The van der Waals surface area contributed by atoms with Gasteiger partial charge in [0.25, 0.3) is 5.22 Å². The molecule has 1 amide bonds. The van der Waals surface area contributed by atoms with E-state index in [1.54, 1.807) is 4.90 Å². The summed E-state index contributed by atoms with van der Waals surface area (Å²) < 4.78 is 5.47. The third-order valence-electron chi connectivity index (χ3n) is 3.58. The molecule has 112 valence electrons. The van der Waals surface area contributed by atoms with Crippen molar-refractivity contribution in [2.24, 2.45) is 0 Å². The van der Waals surface area contributed by atoms with Crippen molar-refractivity contribution < 1.29 is 9.21 Å². The van der Waals surface area contributed by atoms with Crippen molar-refractivity contribution in [1.82, 2.24) is 9.88 Å². The molecule has 0 aliphatic heterocycles. The van der Waals surface area contributed by atoms with Gasteiger partial charge in [0.15, 0.2) is 0 Å². The monoisotopic (exact) mass is 304 g/mol. The Balaban J connectivity index is 1.93. The molecule has 1 aromatic carbocycles. The van der Waals surface area contributed by atoms with Crippen LogP contribution in [0.3, 0.4) is 0 Å². The Morgan fingerprint density at radius 2 is 2.00 bits per heavy atom. The van der Waals surface area contributed by atoms with Gasteiger partial charge in [0.05, 0.1) is 17.5 Å². The smallest absolute Gasteiger partial charge is 0.256 e. The molecule has 0 fully saturated rings. The summed E-state index contributed by atoms with van der Waals surface area (Å²) in [5, 5.41) is 0.555. The molecule has 5 heteroatoms. The number of amides is 1. The van der Waals surface area contributed by atoms with Crippen LogP contribution >= 0.6 is 11.8 Å². The molecular weight excluding hydrogens is 284 g/mol. The van der Waals surface area contributed by atoms with Gasteiger partial charge in [-0.1, -0.05) is 42.1 Å². The largest absolute Gasteiger partial charge is 0.437 e. The van der Waals surface area contributed by atoms with E-state index >= 15 is 0 Å². The van der Waals surface area contributed by atoms with Gasteiger partial charge in [0, 0.05) is 7.05 Å². The van der Waals surface area contributed by atoms with Crippen molar-refractivity contribution >= 4 is 17.7 Å². The van der Waals surface area contributed by atoms with Gasteiger partial charge >= 0.3 is 0 Å². The topological polar surface area (TPSA) is 46.3 Å². The van der Waals surface area contributed by atoms with Gasteiger partial charge in [0.2, 0.25) is 5.91 Å². The van der Waals surface area contributed by atoms with Crippen LogP contribution in [0.5, 0.6) is 0 Å². The number of aryl methyl sites for hydroxylation is 2. The Bertz CT molecular complexity index is 590. The predicted molar refractivity (Wildman–Crippen MR) is 84.3 cm³/mol. The van der Waals surface area contributed by atoms with Crippen molar-refractivity contribution in [3.63, 3.8) is 0 Å². The zero-order valence-electron chi connectivity index (χ0n) is 12.8. The second kappa shape index (κ2) is 6.80. The van der Waals surface area contributed by atoms with Crippen molar-refractivity contribution in [2.45, 2.75) is 32.0 Å². The quantitative estimate of drug-likeness (QED) is 0.792. The molecule has 0 aliphatic rings. The summed E-state index contributed by atoms with van der Waals surface area (Å²) in [6.45, 7) is 5.80. The number of hydrogen-bond acceptors (Lipinski definition) is 4. The number of rotatable bonds is 5. The van der Waals surface area contributed by atoms with Crippen LogP contribution in [0, 0.1) is 13.8 Å². The van der Waals surface area contributed by atoms with E-state index < -0.39 is 0 Å². The highest BCUT2D eigenvalue weighted by Gasteiger charge is 2.18. The predicted octanol–water partition coefficient (Wildman–Crippen LogP) is 3.60. The number of aromatic nitrogens is 1. The summed E-state index contributed by atoms with van der Waals surface area (Å²) >= 11 is 1.34. The summed E-state index contributed by atoms with van der Waals surface area (Å²) in [6, 6.07) is 10.0. The van der Waals surface area contributed by atoms with Crippen LogP contribution in [-0.2, 0) is 4.79 Å². The molecule has 1 unspecified atom stereocenters. The molecule has 2 aromatic rings. The van der Waals surface area contributed by atoms with Crippen LogP contribution < -0.4 is 0 Å². The first kappa shape index (κ1) is 15.6. The minimum atomic E-state index is 0.0485. The summed E-state index contributed by atoms with van der Waals surface area (Å²) in [5.41, 5.74) is 2.00. The van der Waals surface area contributed by atoms with E-state index in [1.165, 1.54) is 11.8 Å². The molecule has 1 aromatic heterocycles. The third-order valence-corrected chi connectivity index (χ3v) is 4.40. The molecule has 0 saturated heterocycles. The van der Waals surface area contributed by atoms with Crippen molar-refractivity contribution in [2.75, 3.05) is 12.8 Å². The summed E-state index contributed by atoms with van der Waals surface area (Å²) in [6.07, 6.45) is 0. The maximum atomic E-state index is 12.3. The van der Waals surface area contributed by atoms with Crippen LogP contribution in [0.15, 0.2) is 40.0 Å². The average molecular weight is 304 g/mol. The molecule has 0 N–H and O–H groups in total. The Kier molecular flexibility index (Phi) is 5.07. The van der Waals surface area contributed by atoms with E-state index in [9.17, 15) is 4.79 Å². The summed E-state index contributed by atoms with van der Waals surface area (Å²) in [4.78, 5) is 18.3. The van der Waals surface area contributed by atoms with Crippen LogP contribution in [0.25, 0.3) is 0 Å². The molecule has 1 heterocycles. The number of oxazole rings is 1. The first-order valence-corrected chi connectivity index (χ1v) is 7.85. The lowest BCUT2D eigenvalue weighted by molar-refractivity contribution is -0.128. The van der Waals surface area contributed by atoms with E-state index in [2.05, 4.69) is 4.98 Å². The fraction of sp³-hybridized carbons (Fsp3) is 0.375. The standard InChI is InChI=1S/C16H20N2O2S/c1-11-13(3)20-16(17-11)21-10-15(19)18(4)12(2)14-8-6-5-7-9-14/h5-9,12H,10H2,1-4H3. The second-order valence-corrected chi connectivity index (χ2v) is 5.93. The maximum absolute atomic E-state index is 12.3. The lowest BCUT2D eigenvalue weighted by Gasteiger charge is -2.25. The highest BCUT2D eigenvalue weighted by Crippen LogP contribution is 2.23. The zero-order chi connectivity index (χ0) is 15.4. The number of thioether (sulfide) groups is 1. The number of hydrogen-bond donors (Lipinski definition) is 0. The highest BCUT2D eigenvalue weighted by atomic mass is 32.2. The Labute approximate surface area is 129 Å². The minimum absolute atomic E-state index is 0.0485. The number of carbonyl (C=O) groups is 1. The molecule has 21 heavy (non-hydrogen) atoms. The molecule has 0 aliphatic carbocycles. The fourth-order valence-corrected chi connectivity index (χ4v) is 2.74. The number of nitrogens with zero attached hydrogens (tertiary/aromatic N) is 2. The molecule has 0 saturated carbocycles. The lowest BCUT2D eigenvalue weighted by atomic mass is 10.1. The molecule has 0 radical (unpaired) electrons. The Morgan fingerprint density at radius 3 is 2.57 bits per heavy atom. The fourth-order valence-electron chi connectivity index (χ4n) is 1.90. The second-order valence-electron chi connectivity index (χ2n) is 5.00. The first-order chi connectivity index (χ1) is 9.99. The van der Waals surface area contributed by atoms with Gasteiger partial charge in [-0.3, -0.25) is 4.79 Å². The Morgan fingerprint density at radius 1 is 1.33 bits per heavy atom. The van der Waals surface area contributed by atoms with E-state index in [-0.39, 0.29) is 11.9 Å². The van der Waals surface area contributed by atoms with Gasteiger partial charge in [-0.15, -0.1) is 0 Å². The maximum Gasteiger partial charge on any atom is 0.256 e. The average Bonchev–Trinajstić information content (AvgIpc) is 2.82. The van der Waals surface area contributed by atoms with Crippen molar-refractivity contribution in [3.05, 3.63) is 47.3 Å². The number of benzene rings is 1. The number of carbonyl (C=O) groups excluding carboxylic acids is 1. The van der Waals surface area contributed by atoms with Gasteiger partial charge in [-0.2, -0.15) is 0 Å². The third kappa shape index (κ3) is 3.88. The van der Waals surface area contributed by atoms with E-state index in [0.29, 0.717) is 11.0 Å². The van der Waals surface area contributed by atoms with Crippen LogP contribution in [0.1, 0.15) is 30.0 Å². The SMILES string of the molecule is Cc1nc(SCC(=O)N(C)C(C)c2ccccc2)oc1C. The first-order valence-electron chi connectivity index (χ1n) is 6.86. The molecular formula is C16H20N2O2S. The zero-order valence-corrected chi connectivity index (χ0v) is 13.6. The van der Waals surface area contributed by atoms with Crippen LogP contribution in [0.2, 0.25) is 0 Å². The van der Waals surface area contributed by atoms with E-state index in [1.807, 2.05) is 58.2 Å². The molecule has 1 atom stereocenters. The van der Waals surface area contributed by atoms with Gasteiger partial charge in [0.1, 0.15) is 5.76 Å². The van der Waals surface area contributed by atoms with E-state index in [0.717, 1.165) is 17.0 Å². The molecule has 0 bridgehead atoms. The summed E-state index contributed by atoms with van der Waals surface area (Å²) in [7, 11) is 1.83. The van der Waals surface area contributed by atoms with Crippen LogP contribution in [-0.4, -0.2) is 28.6 Å². The van der Waals surface area contributed by atoms with Gasteiger partial charge < -0.3 is 9.32 Å². The van der Waals surface area contributed by atoms with Gasteiger partial charge in [-0.05, 0) is 26.3 Å². The highest BCUT2D eigenvalue weighted by molar-refractivity contribution is 7.99. The van der Waals surface area contributed by atoms with E-state index in [4.69, 9.17) is 4.42 Å². The Hall–Kier alpha value is -1.75. The minimum Gasteiger partial charge on any atom is -0.437 e. The molecule has 4 nitrogen and oxygen atoms in total. The lowest BCUT2D eigenvalue weighted by Crippen LogP contribution is -2.31. The molecule has 2 rings (SSSR count). The summed E-state index contributed by atoms with van der Waals surface area (Å²) in [5.74, 6) is 1.19. The molecule has 0 spiro atoms. The van der Waals surface area contributed by atoms with Crippen molar-refractivity contribution in [1.29, 1.82) is 0 Å². The van der Waals surface area contributed by atoms with Crippen LogP contribution in [0.4, 0.5) is 0 Å². The normalized spacial score (nSPS) is 12.2. The van der Waals surface area contributed by atoms with Gasteiger partial charge in [-0.25, -0.2) is 4.98 Å².